The molecule has 0 radical (unpaired) electrons. The van der Waals surface area contributed by atoms with Crippen LogP contribution in [0.4, 0.5) is 0 Å². The largest absolute Gasteiger partial charge is 0.330 e. The fourth-order valence-corrected chi connectivity index (χ4v) is 1.51. The number of hydrogen-bond donors (Lipinski definition) is 2. The molecule has 0 aromatic heterocycles. The molecule has 0 aliphatic rings. The van der Waals surface area contributed by atoms with Crippen molar-refractivity contribution >= 4 is 11.6 Å². The Morgan fingerprint density at radius 2 is 2.29 bits per heavy atom. The fourth-order valence-electron chi connectivity index (χ4n) is 1.31. The third kappa shape index (κ3) is 3.66. The SMILES string of the molecule is C[C@H](NCCCN)c1cccc(Cl)c1. The van der Waals surface area contributed by atoms with E-state index in [0.29, 0.717) is 6.04 Å². The maximum Gasteiger partial charge on any atom is 0.0409 e. The summed E-state index contributed by atoms with van der Waals surface area (Å²) < 4.78 is 0. The van der Waals surface area contributed by atoms with Crippen LogP contribution in [0.25, 0.3) is 0 Å². The van der Waals surface area contributed by atoms with Crippen molar-refractivity contribution in [3.8, 4) is 0 Å². The molecule has 0 unspecified atom stereocenters. The molecule has 14 heavy (non-hydrogen) atoms. The van der Waals surface area contributed by atoms with Crippen molar-refractivity contribution in [2.75, 3.05) is 13.1 Å². The van der Waals surface area contributed by atoms with Crippen LogP contribution < -0.4 is 11.1 Å². The van der Waals surface area contributed by atoms with Gasteiger partial charge in [-0.25, -0.2) is 0 Å². The van der Waals surface area contributed by atoms with Crippen LogP contribution in [0.15, 0.2) is 24.3 Å². The summed E-state index contributed by atoms with van der Waals surface area (Å²) in [4.78, 5) is 0. The molecule has 1 rings (SSSR count). The molecule has 0 amide bonds. The van der Waals surface area contributed by atoms with Crippen LogP contribution in [0.3, 0.4) is 0 Å². The first-order valence-corrected chi connectivity index (χ1v) is 5.30. The molecular formula is C11H17ClN2. The summed E-state index contributed by atoms with van der Waals surface area (Å²) in [5, 5.41) is 4.18. The van der Waals surface area contributed by atoms with E-state index >= 15 is 0 Å². The maximum absolute atomic E-state index is 5.90. The van der Waals surface area contributed by atoms with Crippen LogP contribution in [-0.2, 0) is 0 Å². The zero-order valence-electron chi connectivity index (χ0n) is 8.46. The summed E-state index contributed by atoms with van der Waals surface area (Å²) in [5.74, 6) is 0. The Labute approximate surface area is 90.4 Å². The highest BCUT2D eigenvalue weighted by Gasteiger charge is 2.03. The number of hydrogen-bond acceptors (Lipinski definition) is 2. The Hall–Kier alpha value is -0.570. The van der Waals surface area contributed by atoms with Crippen LogP contribution in [0, 0.1) is 0 Å². The van der Waals surface area contributed by atoms with Crippen molar-refractivity contribution in [3.05, 3.63) is 34.9 Å². The van der Waals surface area contributed by atoms with Gasteiger partial charge in [0.1, 0.15) is 0 Å². The Balaban J connectivity index is 2.47. The first-order chi connectivity index (χ1) is 6.74. The van der Waals surface area contributed by atoms with Crippen molar-refractivity contribution in [3.63, 3.8) is 0 Å². The Bertz CT molecular complexity index is 276. The minimum Gasteiger partial charge on any atom is -0.330 e. The predicted octanol–water partition coefficient (Wildman–Crippen LogP) is 2.34. The fraction of sp³-hybridized carbons (Fsp3) is 0.455. The van der Waals surface area contributed by atoms with Gasteiger partial charge in [0.2, 0.25) is 0 Å². The first kappa shape index (κ1) is 11.5. The minimum atomic E-state index is 0.334. The summed E-state index contributed by atoms with van der Waals surface area (Å²) in [7, 11) is 0. The molecule has 3 N–H and O–H groups in total. The van der Waals surface area contributed by atoms with E-state index in [2.05, 4.69) is 18.3 Å². The maximum atomic E-state index is 5.90. The molecule has 1 aromatic carbocycles. The van der Waals surface area contributed by atoms with Crippen molar-refractivity contribution in [2.45, 2.75) is 19.4 Å². The summed E-state index contributed by atoms with van der Waals surface area (Å²) in [6, 6.07) is 8.25. The number of rotatable bonds is 5. The highest BCUT2D eigenvalue weighted by atomic mass is 35.5. The number of halogens is 1. The number of benzene rings is 1. The molecule has 0 heterocycles. The summed E-state index contributed by atoms with van der Waals surface area (Å²) >= 11 is 5.90. The average Bonchev–Trinajstić information content (AvgIpc) is 2.18. The standard InChI is InChI=1S/C11H17ClN2/c1-9(14-7-3-6-13)10-4-2-5-11(12)8-10/h2,4-5,8-9,14H,3,6-7,13H2,1H3/t9-/m0/s1. The topological polar surface area (TPSA) is 38.0 Å². The van der Waals surface area contributed by atoms with Gasteiger partial charge in [-0.1, -0.05) is 23.7 Å². The molecule has 78 valence electrons. The van der Waals surface area contributed by atoms with Gasteiger partial charge in [0.05, 0.1) is 0 Å². The van der Waals surface area contributed by atoms with Crippen LogP contribution in [0.5, 0.6) is 0 Å². The van der Waals surface area contributed by atoms with E-state index in [9.17, 15) is 0 Å². The van der Waals surface area contributed by atoms with E-state index < -0.39 is 0 Å². The monoisotopic (exact) mass is 212 g/mol. The van der Waals surface area contributed by atoms with Gasteiger partial charge in [-0.15, -0.1) is 0 Å². The molecule has 0 aliphatic heterocycles. The van der Waals surface area contributed by atoms with Gasteiger partial charge in [0.25, 0.3) is 0 Å². The second kappa shape index (κ2) is 6.02. The van der Waals surface area contributed by atoms with Crippen LogP contribution in [0.2, 0.25) is 5.02 Å². The smallest absolute Gasteiger partial charge is 0.0409 e. The molecule has 3 heteroatoms. The lowest BCUT2D eigenvalue weighted by Gasteiger charge is -2.13. The lowest BCUT2D eigenvalue weighted by atomic mass is 10.1. The van der Waals surface area contributed by atoms with Crippen molar-refractivity contribution in [2.24, 2.45) is 5.73 Å². The molecule has 0 bridgehead atoms. The molecule has 0 spiro atoms. The van der Waals surface area contributed by atoms with E-state index in [0.717, 1.165) is 24.5 Å². The third-order valence-corrected chi connectivity index (χ3v) is 2.42. The molecule has 2 nitrogen and oxygen atoms in total. The zero-order chi connectivity index (χ0) is 10.4. The quantitative estimate of drug-likeness (QED) is 0.736. The summed E-state index contributed by atoms with van der Waals surface area (Å²) in [6.07, 6.45) is 1.00. The van der Waals surface area contributed by atoms with Gasteiger partial charge in [0.15, 0.2) is 0 Å². The second-order valence-corrected chi connectivity index (χ2v) is 3.81. The van der Waals surface area contributed by atoms with Crippen LogP contribution in [-0.4, -0.2) is 13.1 Å². The molecule has 0 fully saturated rings. The summed E-state index contributed by atoms with van der Waals surface area (Å²) in [6.45, 7) is 3.81. The minimum absolute atomic E-state index is 0.334. The average molecular weight is 213 g/mol. The highest BCUT2D eigenvalue weighted by Crippen LogP contribution is 2.16. The van der Waals surface area contributed by atoms with Gasteiger partial charge in [-0.2, -0.15) is 0 Å². The molecule has 0 saturated carbocycles. The predicted molar refractivity (Wildman–Crippen MR) is 61.5 cm³/mol. The van der Waals surface area contributed by atoms with E-state index in [4.69, 9.17) is 17.3 Å². The normalized spacial score (nSPS) is 12.8. The first-order valence-electron chi connectivity index (χ1n) is 4.93. The molecule has 0 saturated heterocycles. The van der Waals surface area contributed by atoms with Crippen molar-refractivity contribution < 1.29 is 0 Å². The molecule has 0 aliphatic carbocycles. The van der Waals surface area contributed by atoms with Crippen molar-refractivity contribution in [1.82, 2.24) is 5.32 Å². The van der Waals surface area contributed by atoms with Crippen molar-refractivity contribution in [1.29, 1.82) is 0 Å². The summed E-state index contributed by atoms with van der Waals surface area (Å²) in [5.41, 5.74) is 6.63. The second-order valence-electron chi connectivity index (χ2n) is 3.37. The highest BCUT2D eigenvalue weighted by molar-refractivity contribution is 6.30. The Morgan fingerprint density at radius 3 is 2.93 bits per heavy atom. The Kier molecular flexibility index (Phi) is 4.94. The van der Waals surface area contributed by atoms with Gasteiger partial charge >= 0.3 is 0 Å². The van der Waals surface area contributed by atoms with Gasteiger partial charge in [-0.05, 0) is 44.1 Å². The van der Waals surface area contributed by atoms with Gasteiger partial charge < -0.3 is 11.1 Å². The van der Waals surface area contributed by atoms with E-state index in [1.807, 2.05) is 18.2 Å². The Morgan fingerprint density at radius 1 is 1.50 bits per heavy atom. The number of nitrogens with two attached hydrogens (primary N) is 1. The van der Waals surface area contributed by atoms with Crippen LogP contribution in [0.1, 0.15) is 24.9 Å². The number of nitrogens with one attached hydrogen (secondary N) is 1. The zero-order valence-corrected chi connectivity index (χ0v) is 9.22. The van der Waals surface area contributed by atoms with E-state index in [-0.39, 0.29) is 0 Å². The lowest BCUT2D eigenvalue weighted by Crippen LogP contribution is -2.21. The van der Waals surface area contributed by atoms with Crippen LogP contribution >= 0.6 is 11.6 Å². The van der Waals surface area contributed by atoms with E-state index in [1.165, 1.54) is 5.56 Å². The van der Waals surface area contributed by atoms with Gasteiger partial charge in [-0.3, -0.25) is 0 Å². The molecule has 1 atom stereocenters. The molecular weight excluding hydrogens is 196 g/mol. The lowest BCUT2D eigenvalue weighted by molar-refractivity contribution is 0.562. The van der Waals surface area contributed by atoms with Gasteiger partial charge in [0, 0.05) is 11.1 Å². The van der Waals surface area contributed by atoms with E-state index in [1.54, 1.807) is 0 Å². The molecule has 1 aromatic rings. The third-order valence-electron chi connectivity index (χ3n) is 2.18.